The van der Waals surface area contributed by atoms with Gasteiger partial charge in [0.2, 0.25) is 0 Å². The molecule has 1 rings (SSSR count). The first-order chi connectivity index (χ1) is 15.7. The topological polar surface area (TPSA) is 75.6 Å². The second kappa shape index (κ2) is 19.1. The summed E-state index contributed by atoms with van der Waals surface area (Å²) in [6.07, 6.45) is 5.61. The molecule has 0 saturated heterocycles. The predicted octanol–water partition coefficient (Wildman–Crippen LogP) is 4.34. The van der Waals surface area contributed by atoms with Crippen molar-refractivity contribution in [2.45, 2.75) is 110 Å². The van der Waals surface area contributed by atoms with Crippen LogP contribution in [0.25, 0.3) is 0 Å². The Kier molecular flexibility index (Phi) is 17.7. The fraction of sp³-hybridized carbons (Fsp3) is 1.00. The molecule has 7 nitrogen and oxygen atoms in total. The molecule has 0 bridgehead atoms. The van der Waals surface area contributed by atoms with Crippen molar-refractivity contribution in [2.24, 2.45) is 5.92 Å². The molecule has 0 heterocycles. The van der Waals surface area contributed by atoms with Gasteiger partial charge in [-0.1, -0.05) is 53.4 Å². The first-order valence-corrected chi connectivity index (χ1v) is 12.9. The number of methoxy groups -OCH3 is 1. The van der Waals surface area contributed by atoms with E-state index in [0.29, 0.717) is 33.0 Å². The molecule has 0 aromatic rings. The van der Waals surface area contributed by atoms with Crippen molar-refractivity contribution in [3.8, 4) is 0 Å². The molecular weight excluding hydrogens is 412 g/mol. The average Bonchev–Trinajstić information content (AvgIpc) is 2.79. The van der Waals surface area contributed by atoms with Crippen LogP contribution in [0, 0.1) is 5.92 Å². The molecule has 0 radical (unpaired) electrons. The molecule has 1 N–H and O–H groups in total. The monoisotopic (exact) mass is 462 g/mol. The highest BCUT2D eigenvalue weighted by molar-refractivity contribution is 5.02. The minimum Gasteiger partial charge on any atom is -0.390 e. The zero-order chi connectivity index (χ0) is 23.6. The van der Waals surface area contributed by atoms with Gasteiger partial charge in [0.05, 0.1) is 18.8 Å². The van der Waals surface area contributed by atoms with Crippen LogP contribution in [-0.2, 0) is 28.4 Å². The second-order valence-corrected chi connectivity index (χ2v) is 8.69. The van der Waals surface area contributed by atoms with Crippen molar-refractivity contribution in [2.75, 3.05) is 46.9 Å². The Labute approximate surface area is 196 Å². The molecule has 192 valence electrons. The van der Waals surface area contributed by atoms with Crippen LogP contribution in [0.1, 0.15) is 79.1 Å². The lowest BCUT2D eigenvalue weighted by atomic mass is 9.78. The van der Waals surface area contributed by atoms with Gasteiger partial charge in [0.25, 0.3) is 0 Å². The lowest BCUT2D eigenvalue weighted by Gasteiger charge is -2.48. The van der Waals surface area contributed by atoms with Gasteiger partial charge < -0.3 is 33.5 Å². The van der Waals surface area contributed by atoms with Gasteiger partial charge in [-0.2, -0.15) is 0 Å². The maximum absolute atomic E-state index is 11.4. The van der Waals surface area contributed by atoms with Crippen molar-refractivity contribution >= 4 is 0 Å². The van der Waals surface area contributed by atoms with E-state index in [0.717, 1.165) is 51.4 Å². The first-order valence-electron chi connectivity index (χ1n) is 12.9. The lowest BCUT2D eigenvalue weighted by molar-refractivity contribution is -0.269. The van der Waals surface area contributed by atoms with Crippen LogP contribution >= 0.6 is 0 Å². The SMILES string of the molecule is CCCCOC[C@H]1[C@H](O)[C@@H](OCOC)[C@H](OCCCC)[C@@H](OCCCC)[C@@H]1OCCCC. The van der Waals surface area contributed by atoms with Gasteiger partial charge in [-0.25, -0.2) is 0 Å². The van der Waals surface area contributed by atoms with E-state index >= 15 is 0 Å². The zero-order valence-corrected chi connectivity index (χ0v) is 21.3. The summed E-state index contributed by atoms with van der Waals surface area (Å²) >= 11 is 0. The third-order valence-corrected chi connectivity index (χ3v) is 5.92. The van der Waals surface area contributed by atoms with Gasteiger partial charge in [-0.15, -0.1) is 0 Å². The molecule has 0 aliphatic heterocycles. The summed E-state index contributed by atoms with van der Waals surface area (Å²) in [5.74, 6) is -0.261. The molecule has 6 atom stereocenters. The highest BCUT2D eigenvalue weighted by atomic mass is 16.7. The van der Waals surface area contributed by atoms with Crippen LogP contribution in [0.3, 0.4) is 0 Å². The van der Waals surface area contributed by atoms with Crippen molar-refractivity contribution < 1.29 is 33.5 Å². The Morgan fingerprint density at radius 2 is 1.06 bits per heavy atom. The fourth-order valence-electron chi connectivity index (χ4n) is 3.94. The van der Waals surface area contributed by atoms with Gasteiger partial charge in [0.15, 0.2) is 0 Å². The summed E-state index contributed by atoms with van der Waals surface area (Å²) in [5, 5.41) is 11.4. The van der Waals surface area contributed by atoms with Crippen LogP contribution in [0.5, 0.6) is 0 Å². The van der Waals surface area contributed by atoms with E-state index in [1.807, 2.05) is 0 Å². The van der Waals surface area contributed by atoms with Crippen molar-refractivity contribution in [3.63, 3.8) is 0 Å². The van der Waals surface area contributed by atoms with Gasteiger partial charge in [0, 0.05) is 39.5 Å². The summed E-state index contributed by atoms with van der Waals surface area (Å²) in [6.45, 7) is 11.6. The predicted molar refractivity (Wildman–Crippen MR) is 126 cm³/mol. The minimum absolute atomic E-state index is 0.0851. The van der Waals surface area contributed by atoms with Gasteiger partial charge >= 0.3 is 0 Å². The molecule has 0 unspecified atom stereocenters. The molecule has 0 spiro atoms. The van der Waals surface area contributed by atoms with Crippen molar-refractivity contribution in [1.29, 1.82) is 0 Å². The number of unbranched alkanes of at least 4 members (excludes halogenated alkanes) is 4. The van der Waals surface area contributed by atoms with Gasteiger partial charge in [0.1, 0.15) is 25.1 Å². The minimum atomic E-state index is -0.795. The van der Waals surface area contributed by atoms with Crippen molar-refractivity contribution in [3.05, 3.63) is 0 Å². The third kappa shape index (κ3) is 10.3. The number of aliphatic hydroxyl groups is 1. The summed E-state index contributed by atoms with van der Waals surface area (Å²) in [5.41, 5.74) is 0. The van der Waals surface area contributed by atoms with Crippen LogP contribution in [-0.4, -0.2) is 82.6 Å². The standard InChI is InChI=1S/C25H50O7/c1-6-10-14-28-18-20-21(26)23(32-19-27-5)25(31-17-13-9-4)24(30-16-12-8-3)22(20)29-15-11-7-2/h20-26H,6-19H2,1-5H3/t20-,21-,22+,23+,24-,25-/m0/s1. The van der Waals surface area contributed by atoms with E-state index in [9.17, 15) is 5.11 Å². The summed E-state index contributed by atoms with van der Waals surface area (Å²) < 4.78 is 36.1. The summed E-state index contributed by atoms with van der Waals surface area (Å²) in [6, 6.07) is 0. The lowest BCUT2D eigenvalue weighted by Crippen LogP contribution is -2.65. The highest BCUT2D eigenvalue weighted by Gasteiger charge is 2.53. The van der Waals surface area contributed by atoms with E-state index in [1.54, 1.807) is 7.11 Å². The quantitative estimate of drug-likeness (QED) is 0.213. The average molecular weight is 463 g/mol. The molecular formula is C25H50O7. The number of aliphatic hydroxyl groups excluding tert-OH is 1. The van der Waals surface area contributed by atoms with Gasteiger partial charge in [-0.3, -0.25) is 0 Å². The molecule has 7 heteroatoms. The molecule has 32 heavy (non-hydrogen) atoms. The number of hydrogen-bond acceptors (Lipinski definition) is 7. The molecule has 1 aliphatic rings. The van der Waals surface area contributed by atoms with Gasteiger partial charge in [-0.05, 0) is 25.7 Å². The molecule has 0 aromatic heterocycles. The second-order valence-electron chi connectivity index (χ2n) is 8.69. The van der Waals surface area contributed by atoms with E-state index < -0.39 is 18.3 Å². The van der Waals surface area contributed by atoms with Crippen LogP contribution < -0.4 is 0 Å². The van der Waals surface area contributed by atoms with E-state index in [-0.39, 0.29) is 24.9 Å². The Morgan fingerprint density at radius 3 is 1.56 bits per heavy atom. The first kappa shape index (κ1) is 29.8. The summed E-state index contributed by atoms with van der Waals surface area (Å²) in [4.78, 5) is 0. The Bertz CT molecular complexity index is 423. The third-order valence-electron chi connectivity index (χ3n) is 5.92. The number of ether oxygens (including phenoxy) is 6. The van der Waals surface area contributed by atoms with E-state index in [4.69, 9.17) is 28.4 Å². The van der Waals surface area contributed by atoms with Crippen LogP contribution in [0.15, 0.2) is 0 Å². The maximum Gasteiger partial charge on any atom is 0.146 e. The van der Waals surface area contributed by atoms with E-state index in [2.05, 4.69) is 27.7 Å². The fourth-order valence-corrected chi connectivity index (χ4v) is 3.94. The Balaban J connectivity index is 3.14. The Morgan fingerprint density at radius 1 is 0.594 bits per heavy atom. The highest BCUT2D eigenvalue weighted by Crippen LogP contribution is 2.35. The zero-order valence-electron chi connectivity index (χ0n) is 21.3. The maximum atomic E-state index is 11.4. The molecule has 1 saturated carbocycles. The molecule has 0 aromatic carbocycles. The molecule has 1 aliphatic carbocycles. The normalized spacial score (nSPS) is 28.3. The number of hydrogen-bond donors (Lipinski definition) is 1. The summed E-state index contributed by atoms with van der Waals surface area (Å²) in [7, 11) is 1.58. The van der Waals surface area contributed by atoms with E-state index in [1.165, 1.54) is 0 Å². The smallest absolute Gasteiger partial charge is 0.146 e. The number of rotatable bonds is 20. The van der Waals surface area contributed by atoms with Crippen LogP contribution in [0.2, 0.25) is 0 Å². The van der Waals surface area contributed by atoms with Crippen LogP contribution in [0.4, 0.5) is 0 Å². The molecule has 1 fully saturated rings. The largest absolute Gasteiger partial charge is 0.390 e. The Hall–Kier alpha value is -0.280. The molecule has 0 amide bonds. The van der Waals surface area contributed by atoms with Crippen molar-refractivity contribution in [1.82, 2.24) is 0 Å².